The van der Waals surface area contributed by atoms with E-state index < -0.39 is 11.5 Å². The summed E-state index contributed by atoms with van der Waals surface area (Å²) in [5.41, 5.74) is 2.89. The number of hydrogen-bond donors (Lipinski definition) is 1. The van der Waals surface area contributed by atoms with E-state index >= 15 is 0 Å². The smallest absolute Gasteiger partial charge is 0.263 e. The standard InChI is InChI=1S/C21H19FN2O2/c1-14-8-9-15(2)19(11-14)23-20(25)18-7-4-10-24(21(18)26)13-16-5-3-6-17(22)12-16/h3-12H,13H2,1-2H3,(H,23,25). The van der Waals surface area contributed by atoms with Gasteiger partial charge in [-0.1, -0.05) is 24.3 Å². The highest BCUT2D eigenvalue weighted by atomic mass is 19.1. The van der Waals surface area contributed by atoms with Crippen LogP contribution in [0.2, 0.25) is 0 Å². The lowest BCUT2D eigenvalue weighted by Gasteiger charge is -2.11. The lowest BCUT2D eigenvalue weighted by Crippen LogP contribution is -2.29. The second kappa shape index (κ2) is 7.35. The van der Waals surface area contributed by atoms with Crippen LogP contribution in [0.15, 0.2) is 65.6 Å². The SMILES string of the molecule is Cc1ccc(C)c(NC(=O)c2cccn(Cc3cccc(F)c3)c2=O)c1. The fourth-order valence-corrected chi connectivity index (χ4v) is 2.73. The predicted octanol–water partition coefficient (Wildman–Crippen LogP) is 3.90. The zero-order valence-corrected chi connectivity index (χ0v) is 14.6. The molecule has 26 heavy (non-hydrogen) atoms. The van der Waals surface area contributed by atoms with Crippen LogP contribution in [0.4, 0.5) is 10.1 Å². The molecule has 0 bridgehead atoms. The lowest BCUT2D eigenvalue weighted by atomic mass is 10.1. The molecule has 0 atom stereocenters. The molecule has 5 heteroatoms. The summed E-state index contributed by atoms with van der Waals surface area (Å²) in [6.07, 6.45) is 1.59. The van der Waals surface area contributed by atoms with Gasteiger partial charge >= 0.3 is 0 Å². The molecule has 0 aliphatic heterocycles. The van der Waals surface area contributed by atoms with Crippen molar-refractivity contribution in [3.05, 3.63) is 99.2 Å². The molecule has 1 amide bonds. The number of nitrogens with zero attached hydrogens (tertiary/aromatic N) is 1. The zero-order chi connectivity index (χ0) is 18.7. The molecule has 2 aromatic carbocycles. The van der Waals surface area contributed by atoms with Gasteiger partial charge in [0.2, 0.25) is 0 Å². The van der Waals surface area contributed by atoms with Crippen LogP contribution >= 0.6 is 0 Å². The molecule has 0 fully saturated rings. The quantitative estimate of drug-likeness (QED) is 0.776. The maximum absolute atomic E-state index is 13.3. The number of nitrogens with one attached hydrogen (secondary N) is 1. The van der Waals surface area contributed by atoms with Crippen molar-refractivity contribution in [1.29, 1.82) is 0 Å². The molecule has 0 radical (unpaired) electrons. The summed E-state index contributed by atoms with van der Waals surface area (Å²) in [5.74, 6) is -0.823. The number of rotatable bonds is 4. The third kappa shape index (κ3) is 3.88. The van der Waals surface area contributed by atoms with E-state index in [9.17, 15) is 14.0 Å². The van der Waals surface area contributed by atoms with Gasteiger partial charge in [0, 0.05) is 11.9 Å². The third-order valence-corrected chi connectivity index (χ3v) is 4.15. The Morgan fingerprint density at radius 2 is 1.88 bits per heavy atom. The first kappa shape index (κ1) is 17.6. The third-order valence-electron chi connectivity index (χ3n) is 4.15. The van der Waals surface area contributed by atoms with Crippen LogP contribution in [0.3, 0.4) is 0 Å². The van der Waals surface area contributed by atoms with E-state index in [0.717, 1.165) is 11.1 Å². The van der Waals surface area contributed by atoms with Crippen LogP contribution in [-0.4, -0.2) is 10.5 Å². The Hall–Kier alpha value is -3.21. The van der Waals surface area contributed by atoms with Crippen molar-refractivity contribution >= 4 is 11.6 Å². The van der Waals surface area contributed by atoms with E-state index in [1.54, 1.807) is 24.4 Å². The molecule has 3 rings (SSSR count). The van der Waals surface area contributed by atoms with E-state index in [1.807, 2.05) is 32.0 Å². The Bertz CT molecular complexity index is 1020. The summed E-state index contributed by atoms with van der Waals surface area (Å²) in [4.78, 5) is 25.2. The minimum Gasteiger partial charge on any atom is -0.322 e. The molecule has 0 unspecified atom stereocenters. The average molecular weight is 350 g/mol. The first-order valence-corrected chi connectivity index (χ1v) is 8.26. The van der Waals surface area contributed by atoms with Gasteiger partial charge in [0.25, 0.3) is 11.5 Å². The van der Waals surface area contributed by atoms with Crippen molar-refractivity contribution in [2.75, 3.05) is 5.32 Å². The van der Waals surface area contributed by atoms with E-state index in [2.05, 4.69) is 5.32 Å². The normalized spacial score (nSPS) is 10.6. The van der Waals surface area contributed by atoms with E-state index in [-0.39, 0.29) is 17.9 Å². The van der Waals surface area contributed by atoms with Gasteiger partial charge in [0.05, 0.1) is 6.54 Å². The van der Waals surface area contributed by atoms with Gasteiger partial charge in [-0.2, -0.15) is 0 Å². The van der Waals surface area contributed by atoms with Gasteiger partial charge in [0.15, 0.2) is 0 Å². The van der Waals surface area contributed by atoms with Crippen molar-refractivity contribution < 1.29 is 9.18 Å². The Morgan fingerprint density at radius 1 is 1.08 bits per heavy atom. The minimum absolute atomic E-state index is 0.0461. The van der Waals surface area contributed by atoms with Gasteiger partial charge in [-0.15, -0.1) is 0 Å². The monoisotopic (exact) mass is 350 g/mol. The second-order valence-corrected chi connectivity index (χ2v) is 6.26. The number of halogens is 1. The highest BCUT2D eigenvalue weighted by molar-refractivity contribution is 6.04. The number of carbonyl (C=O) groups excluding carboxylic acids is 1. The number of carbonyl (C=O) groups is 1. The number of pyridine rings is 1. The largest absolute Gasteiger partial charge is 0.322 e. The molecule has 0 aliphatic carbocycles. The highest BCUT2D eigenvalue weighted by Gasteiger charge is 2.13. The maximum atomic E-state index is 13.3. The van der Waals surface area contributed by atoms with Crippen molar-refractivity contribution in [2.24, 2.45) is 0 Å². The van der Waals surface area contributed by atoms with Crippen LogP contribution < -0.4 is 10.9 Å². The van der Waals surface area contributed by atoms with Gasteiger partial charge < -0.3 is 9.88 Å². The van der Waals surface area contributed by atoms with E-state index in [4.69, 9.17) is 0 Å². The molecule has 4 nitrogen and oxygen atoms in total. The number of aryl methyl sites for hydroxylation is 2. The van der Waals surface area contributed by atoms with Crippen molar-refractivity contribution in [3.63, 3.8) is 0 Å². The summed E-state index contributed by atoms with van der Waals surface area (Å²) in [5, 5.41) is 2.80. The number of benzene rings is 2. The molecule has 0 spiro atoms. The van der Waals surface area contributed by atoms with Gasteiger partial charge in [-0.05, 0) is 60.9 Å². The highest BCUT2D eigenvalue weighted by Crippen LogP contribution is 2.17. The zero-order valence-electron chi connectivity index (χ0n) is 14.6. The predicted molar refractivity (Wildman–Crippen MR) is 100 cm³/mol. The maximum Gasteiger partial charge on any atom is 0.263 e. The number of amides is 1. The molecule has 0 saturated carbocycles. The average Bonchev–Trinajstić information content (AvgIpc) is 2.60. The minimum atomic E-state index is -0.461. The van der Waals surface area contributed by atoms with Crippen molar-refractivity contribution in [2.45, 2.75) is 20.4 Å². The summed E-state index contributed by atoms with van der Waals surface area (Å²) in [6.45, 7) is 4.02. The summed E-state index contributed by atoms with van der Waals surface area (Å²) in [6, 6.07) is 14.9. The van der Waals surface area contributed by atoms with E-state index in [1.165, 1.54) is 22.8 Å². The van der Waals surface area contributed by atoms with Crippen molar-refractivity contribution in [3.8, 4) is 0 Å². The lowest BCUT2D eigenvalue weighted by molar-refractivity contribution is 0.102. The first-order valence-electron chi connectivity index (χ1n) is 8.26. The topological polar surface area (TPSA) is 51.1 Å². The van der Waals surface area contributed by atoms with Crippen LogP contribution in [0.25, 0.3) is 0 Å². The van der Waals surface area contributed by atoms with Gasteiger partial charge in [0.1, 0.15) is 11.4 Å². The van der Waals surface area contributed by atoms with Crippen LogP contribution in [0.1, 0.15) is 27.0 Å². The number of hydrogen-bond acceptors (Lipinski definition) is 2. The molecule has 0 aliphatic rings. The molecular formula is C21H19FN2O2. The molecule has 1 N–H and O–H groups in total. The Balaban J connectivity index is 1.88. The van der Waals surface area contributed by atoms with E-state index in [0.29, 0.717) is 11.3 Å². The number of anilines is 1. The van der Waals surface area contributed by atoms with Gasteiger partial charge in [-0.3, -0.25) is 9.59 Å². The fourth-order valence-electron chi connectivity index (χ4n) is 2.73. The summed E-state index contributed by atoms with van der Waals surface area (Å²) >= 11 is 0. The second-order valence-electron chi connectivity index (χ2n) is 6.26. The fraction of sp³-hybridized carbons (Fsp3) is 0.143. The van der Waals surface area contributed by atoms with Crippen LogP contribution in [0.5, 0.6) is 0 Å². The molecule has 0 saturated heterocycles. The van der Waals surface area contributed by atoms with Gasteiger partial charge in [-0.25, -0.2) is 4.39 Å². The molecular weight excluding hydrogens is 331 g/mol. The summed E-state index contributed by atoms with van der Waals surface area (Å²) < 4.78 is 14.7. The molecule has 1 aromatic heterocycles. The van der Waals surface area contributed by atoms with Crippen molar-refractivity contribution in [1.82, 2.24) is 4.57 Å². The first-order chi connectivity index (χ1) is 12.4. The molecule has 1 heterocycles. The molecule has 3 aromatic rings. The van der Waals surface area contributed by atoms with Crippen LogP contribution in [-0.2, 0) is 6.54 Å². The molecule has 132 valence electrons. The Kier molecular flexibility index (Phi) is 4.98. The Morgan fingerprint density at radius 3 is 2.65 bits per heavy atom. The number of aromatic nitrogens is 1. The van der Waals surface area contributed by atoms with Crippen LogP contribution in [0, 0.1) is 19.7 Å². The summed E-state index contributed by atoms with van der Waals surface area (Å²) in [7, 11) is 0. The Labute approximate surface area is 150 Å².